The third kappa shape index (κ3) is 8.36. The van der Waals surface area contributed by atoms with Crippen LogP contribution in [0.15, 0.2) is 54.7 Å². The second-order valence-electron chi connectivity index (χ2n) is 7.34. The van der Waals surface area contributed by atoms with E-state index in [4.69, 9.17) is 28.2 Å². The Morgan fingerprint density at radius 3 is 2.08 bits per heavy atom. The quantitative estimate of drug-likeness (QED) is 0.199. The van der Waals surface area contributed by atoms with E-state index in [0.29, 0.717) is 22.5 Å². The molecule has 0 saturated heterocycles. The monoisotopic (exact) mass is 535 g/mol. The van der Waals surface area contributed by atoms with Crippen molar-refractivity contribution in [3.8, 4) is 18.1 Å². The van der Waals surface area contributed by atoms with E-state index in [-0.39, 0.29) is 27.8 Å². The van der Waals surface area contributed by atoms with Gasteiger partial charge in [-0.05, 0) is 30.3 Å². The summed E-state index contributed by atoms with van der Waals surface area (Å²) in [6, 6.07) is 12.7. The number of halogens is 1. The summed E-state index contributed by atoms with van der Waals surface area (Å²) < 4.78 is 5.36. The zero-order valence-electron chi connectivity index (χ0n) is 22.8. The van der Waals surface area contributed by atoms with Crippen LogP contribution in [0.1, 0.15) is 59.5 Å². The molecule has 3 aromatic rings. The summed E-state index contributed by atoms with van der Waals surface area (Å²) in [5.74, 6) is 2.25. The molecule has 0 bridgehead atoms. The van der Waals surface area contributed by atoms with Crippen LogP contribution in [0.25, 0.3) is 0 Å². The Hall–Kier alpha value is -4.35. The third-order valence-corrected chi connectivity index (χ3v) is 5.03. The molecule has 1 heterocycles. The van der Waals surface area contributed by atoms with Crippen LogP contribution in [0.2, 0.25) is 5.02 Å². The van der Waals surface area contributed by atoms with Gasteiger partial charge >= 0.3 is 0 Å². The molecule has 2 aromatic carbocycles. The molecule has 0 aliphatic rings. The Bertz CT molecular complexity index is 1280. The number of pyridine rings is 1. The van der Waals surface area contributed by atoms with E-state index in [1.165, 1.54) is 25.4 Å². The van der Waals surface area contributed by atoms with Crippen molar-refractivity contribution in [2.75, 3.05) is 31.8 Å². The molecule has 0 radical (unpaired) electrons. The van der Waals surface area contributed by atoms with Gasteiger partial charge in [0.15, 0.2) is 0 Å². The van der Waals surface area contributed by atoms with Crippen molar-refractivity contribution >= 4 is 40.8 Å². The Labute approximate surface area is 229 Å². The van der Waals surface area contributed by atoms with Crippen LogP contribution in [0, 0.1) is 17.8 Å². The summed E-state index contributed by atoms with van der Waals surface area (Å²) in [5.41, 5.74) is 1.81. The maximum absolute atomic E-state index is 13.0. The number of hydrogen-bond donors (Lipinski definition) is 3. The van der Waals surface area contributed by atoms with Crippen LogP contribution >= 0.6 is 11.6 Å². The first kappa shape index (κ1) is 31.7. The fourth-order valence-electron chi connectivity index (χ4n) is 3.01. The molecular formula is C29H34ClN5O3. The second kappa shape index (κ2) is 15.7. The van der Waals surface area contributed by atoms with Crippen LogP contribution < -0.4 is 15.4 Å². The first-order valence-corrected chi connectivity index (χ1v) is 12.4. The molecule has 0 unspecified atom stereocenters. The molecule has 0 saturated carbocycles. The molecule has 3 N–H and O–H groups in total. The van der Waals surface area contributed by atoms with Gasteiger partial charge in [-0.25, -0.2) is 4.98 Å². The number of nitrogens with zero attached hydrogens (tertiary/aromatic N) is 2. The van der Waals surface area contributed by atoms with Crippen LogP contribution in [-0.2, 0) is 0 Å². The molecule has 0 aliphatic heterocycles. The molecule has 3 rings (SSSR count). The average Bonchev–Trinajstić information content (AvgIpc) is 2.95. The fourth-order valence-corrected chi connectivity index (χ4v) is 3.22. The predicted molar refractivity (Wildman–Crippen MR) is 156 cm³/mol. The van der Waals surface area contributed by atoms with E-state index in [1.807, 2.05) is 27.7 Å². The number of nitrogens with one attached hydrogen (secondary N) is 3. The van der Waals surface area contributed by atoms with Gasteiger partial charge in [-0.1, -0.05) is 57.3 Å². The maximum atomic E-state index is 13.0. The number of ether oxygens (including phenoxy) is 1. The highest BCUT2D eigenvalue weighted by atomic mass is 35.5. The highest BCUT2D eigenvalue weighted by molar-refractivity contribution is 6.31. The number of rotatable bonds is 6. The number of amidine groups is 1. The van der Waals surface area contributed by atoms with Crippen molar-refractivity contribution in [1.82, 2.24) is 9.88 Å². The fraction of sp³-hybridized carbons (Fsp3) is 0.241. The number of amides is 2. The molecule has 200 valence electrons. The van der Waals surface area contributed by atoms with E-state index >= 15 is 0 Å². The van der Waals surface area contributed by atoms with Gasteiger partial charge in [0.2, 0.25) is 0 Å². The van der Waals surface area contributed by atoms with Gasteiger partial charge in [-0.15, -0.1) is 6.42 Å². The maximum Gasteiger partial charge on any atom is 0.259 e. The summed E-state index contributed by atoms with van der Waals surface area (Å²) in [6.07, 6.45) is 6.79. The van der Waals surface area contributed by atoms with E-state index in [1.54, 1.807) is 55.4 Å². The molecule has 0 aliphatic carbocycles. The molecule has 2 amide bonds. The van der Waals surface area contributed by atoms with Gasteiger partial charge in [-0.2, -0.15) is 0 Å². The third-order valence-electron chi connectivity index (χ3n) is 4.81. The number of anilines is 2. The Morgan fingerprint density at radius 1 is 0.974 bits per heavy atom. The van der Waals surface area contributed by atoms with Crippen LogP contribution in [0.3, 0.4) is 0 Å². The number of benzene rings is 2. The molecule has 38 heavy (non-hydrogen) atoms. The minimum Gasteiger partial charge on any atom is -0.494 e. The van der Waals surface area contributed by atoms with E-state index in [2.05, 4.69) is 21.5 Å². The smallest absolute Gasteiger partial charge is 0.259 e. The largest absolute Gasteiger partial charge is 0.494 e. The van der Waals surface area contributed by atoms with Crippen LogP contribution in [0.4, 0.5) is 11.5 Å². The van der Waals surface area contributed by atoms with E-state index < -0.39 is 11.8 Å². The lowest BCUT2D eigenvalue weighted by Gasteiger charge is -2.16. The number of carbonyl (C=O) groups is 2. The zero-order chi connectivity index (χ0) is 28.8. The zero-order valence-corrected chi connectivity index (χ0v) is 23.5. The second-order valence-corrected chi connectivity index (χ2v) is 7.77. The number of aromatic nitrogens is 1. The first-order valence-electron chi connectivity index (χ1n) is 12.0. The molecule has 0 fully saturated rings. The Balaban J connectivity index is 0.00000172. The standard InChI is InChI=1S/C25H22ClN5O3.2C2H6/c1-5-15-6-11-21(28-14-15)29-25(33)19-12-18(26)13-20(34-4)22(19)30-24(32)17-9-7-16(8-10-17)23(27)31(2)3;2*1-2/h1,6-14,27H,2-4H3,(H,30,32)(H,28,29,33);2*1-2H3. The normalized spacial score (nSPS) is 9.34. The number of terminal acetylenes is 1. The molecule has 8 nitrogen and oxygen atoms in total. The summed E-state index contributed by atoms with van der Waals surface area (Å²) in [6.45, 7) is 8.00. The minimum atomic E-state index is -0.549. The van der Waals surface area contributed by atoms with E-state index in [0.717, 1.165) is 0 Å². The summed E-state index contributed by atoms with van der Waals surface area (Å²) in [4.78, 5) is 31.8. The average molecular weight is 536 g/mol. The van der Waals surface area contributed by atoms with E-state index in [9.17, 15) is 9.59 Å². The lowest BCUT2D eigenvalue weighted by atomic mass is 10.1. The molecule has 0 atom stereocenters. The minimum absolute atomic E-state index is 0.0894. The van der Waals surface area contributed by atoms with Gasteiger partial charge < -0.3 is 20.3 Å². The van der Waals surface area contributed by atoms with Gasteiger partial charge in [-0.3, -0.25) is 15.0 Å². The number of hydrogen-bond acceptors (Lipinski definition) is 5. The van der Waals surface area contributed by atoms with Crippen molar-refractivity contribution in [3.63, 3.8) is 0 Å². The van der Waals surface area contributed by atoms with Crippen LogP contribution in [-0.4, -0.2) is 48.7 Å². The Kier molecular flexibility index (Phi) is 13.1. The lowest BCUT2D eigenvalue weighted by molar-refractivity contribution is 0.102. The molecule has 0 spiro atoms. The van der Waals surface area contributed by atoms with Gasteiger partial charge in [0.25, 0.3) is 11.8 Å². The van der Waals surface area contributed by atoms with Crippen molar-refractivity contribution in [1.29, 1.82) is 5.41 Å². The molecule has 1 aromatic heterocycles. The molecule has 9 heteroatoms. The van der Waals surface area contributed by atoms with Gasteiger partial charge in [0, 0.05) is 48.1 Å². The van der Waals surface area contributed by atoms with Crippen molar-refractivity contribution in [3.05, 3.63) is 82.0 Å². The summed E-state index contributed by atoms with van der Waals surface area (Å²) in [7, 11) is 4.94. The van der Waals surface area contributed by atoms with Gasteiger partial charge in [0.05, 0.1) is 18.4 Å². The highest BCUT2D eigenvalue weighted by Gasteiger charge is 2.21. The van der Waals surface area contributed by atoms with Crippen molar-refractivity contribution in [2.45, 2.75) is 27.7 Å². The topological polar surface area (TPSA) is 107 Å². The lowest BCUT2D eigenvalue weighted by Crippen LogP contribution is -2.22. The van der Waals surface area contributed by atoms with Crippen molar-refractivity contribution < 1.29 is 14.3 Å². The number of carbonyl (C=O) groups excluding carboxylic acids is 2. The van der Waals surface area contributed by atoms with Gasteiger partial charge in [0.1, 0.15) is 17.4 Å². The Morgan fingerprint density at radius 2 is 1.58 bits per heavy atom. The predicted octanol–water partition coefficient (Wildman–Crippen LogP) is 6.17. The highest BCUT2D eigenvalue weighted by Crippen LogP contribution is 2.33. The van der Waals surface area contributed by atoms with Crippen LogP contribution in [0.5, 0.6) is 5.75 Å². The molecular weight excluding hydrogens is 502 g/mol. The first-order chi connectivity index (χ1) is 18.2. The van der Waals surface area contributed by atoms with Crippen molar-refractivity contribution in [2.24, 2.45) is 0 Å². The SMILES string of the molecule is C#Cc1ccc(NC(=O)c2cc(Cl)cc(OC)c2NC(=O)c2ccc(C(=N)N(C)C)cc2)nc1.CC.CC. The summed E-state index contributed by atoms with van der Waals surface area (Å²) >= 11 is 6.18. The number of methoxy groups -OCH3 is 1. The summed E-state index contributed by atoms with van der Waals surface area (Å²) in [5, 5.41) is 13.7.